The molecule has 2 aromatic carbocycles. The third-order valence-corrected chi connectivity index (χ3v) is 2.98. The van der Waals surface area contributed by atoms with Crippen LogP contribution in [0.15, 0.2) is 36.4 Å². The zero-order chi connectivity index (χ0) is 11.6. The van der Waals surface area contributed by atoms with Crippen molar-refractivity contribution >= 4 is 10.8 Å². The van der Waals surface area contributed by atoms with Crippen molar-refractivity contribution in [3.05, 3.63) is 47.5 Å². The van der Waals surface area contributed by atoms with Gasteiger partial charge in [0, 0.05) is 16.5 Å². The summed E-state index contributed by atoms with van der Waals surface area (Å²) in [5.74, 6) is -8.23. The average molecular weight is 226 g/mol. The smallest absolute Gasteiger partial charge is 0.194 e. The third-order valence-electron chi connectivity index (χ3n) is 2.98. The number of halogens is 4. The van der Waals surface area contributed by atoms with Crippen LogP contribution in [-0.2, 0) is 11.8 Å². The molecule has 0 aliphatic heterocycles. The molecule has 2 aromatic rings. The van der Waals surface area contributed by atoms with Gasteiger partial charge in [0.2, 0.25) is 0 Å². The quantitative estimate of drug-likeness (QED) is 0.595. The van der Waals surface area contributed by atoms with Crippen molar-refractivity contribution in [3.63, 3.8) is 0 Å². The standard InChI is InChI=1S/C12H6F4/c13-11(14)8-5-1-3-7-4-2-6-9(10(7)8)12(11,15)16/h1-6H. The van der Waals surface area contributed by atoms with Crippen LogP contribution in [0.1, 0.15) is 11.1 Å². The molecule has 0 saturated carbocycles. The van der Waals surface area contributed by atoms with Crippen LogP contribution >= 0.6 is 0 Å². The minimum Gasteiger partial charge on any atom is -0.194 e. The van der Waals surface area contributed by atoms with Crippen LogP contribution in [-0.4, -0.2) is 0 Å². The van der Waals surface area contributed by atoms with Crippen LogP contribution in [0.4, 0.5) is 17.6 Å². The van der Waals surface area contributed by atoms with Crippen LogP contribution in [0.25, 0.3) is 10.8 Å². The number of benzene rings is 2. The molecule has 0 heterocycles. The van der Waals surface area contributed by atoms with Crippen LogP contribution < -0.4 is 0 Å². The summed E-state index contributed by atoms with van der Waals surface area (Å²) in [6.45, 7) is 0. The molecule has 16 heavy (non-hydrogen) atoms. The molecule has 1 aliphatic rings. The van der Waals surface area contributed by atoms with Gasteiger partial charge in [-0.1, -0.05) is 36.4 Å². The van der Waals surface area contributed by atoms with Gasteiger partial charge in [0.15, 0.2) is 0 Å². The van der Waals surface area contributed by atoms with Crippen LogP contribution in [0.3, 0.4) is 0 Å². The highest BCUT2D eigenvalue weighted by Crippen LogP contribution is 2.58. The Bertz CT molecular complexity index is 538. The Labute approximate surface area is 88.5 Å². The summed E-state index contributed by atoms with van der Waals surface area (Å²) >= 11 is 0. The lowest BCUT2D eigenvalue weighted by Gasteiger charge is -2.20. The molecule has 0 fully saturated rings. The lowest BCUT2D eigenvalue weighted by molar-refractivity contribution is -0.216. The van der Waals surface area contributed by atoms with Crippen molar-refractivity contribution in [2.75, 3.05) is 0 Å². The first-order valence-corrected chi connectivity index (χ1v) is 4.74. The molecule has 0 bridgehead atoms. The van der Waals surface area contributed by atoms with Crippen molar-refractivity contribution in [2.45, 2.75) is 11.8 Å². The molecule has 0 unspecified atom stereocenters. The molecule has 0 saturated heterocycles. The molecular formula is C12H6F4. The van der Waals surface area contributed by atoms with E-state index in [1.165, 1.54) is 12.1 Å². The summed E-state index contributed by atoms with van der Waals surface area (Å²) < 4.78 is 54.2. The van der Waals surface area contributed by atoms with Gasteiger partial charge in [-0.25, -0.2) is 0 Å². The average Bonchev–Trinajstić information content (AvgIpc) is 2.40. The molecule has 0 spiro atoms. The van der Waals surface area contributed by atoms with E-state index in [2.05, 4.69) is 0 Å². The molecule has 0 aromatic heterocycles. The fraction of sp³-hybridized carbons (Fsp3) is 0.167. The van der Waals surface area contributed by atoms with Crippen LogP contribution in [0.2, 0.25) is 0 Å². The number of rotatable bonds is 0. The fourth-order valence-electron chi connectivity index (χ4n) is 2.20. The van der Waals surface area contributed by atoms with Gasteiger partial charge >= 0.3 is 11.8 Å². The minimum atomic E-state index is -4.11. The lowest BCUT2D eigenvalue weighted by atomic mass is 10.1. The fourth-order valence-corrected chi connectivity index (χ4v) is 2.20. The molecule has 82 valence electrons. The number of alkyl halides is 4. The van der Waals surface area contributed by atoms with Crippen molar-refractivity contribution < 1.29 is 17.6 Å². The maximum absolute atomic E-state index is 13.5. The van der Waals surface area contributed by atoms with Crippen LogP contribution in [0.5, 0.6) is 0 Å². The van der Waals surface area contributed by atoms with Crippen molar-refractivity contribution in [1.82, 2.24) is 0 Å². The highest BCUT2D eigenvalue weighted by molar-refractivity contribution is 5.92. The van der Waals surface area contributed by atoms with Gasteiger partial charge in [-0.15, -0.1) is 0 Å². The van der Waals surface area contributed by atoms with E-state index in [1.54, 1.807) is 12.1 Å². The van der Waals surface area contributed by atoms with Crippen molar-refractivity contribution in [1.29, 1.82) is 0 Å². The molecule has 0 radical (unpaired) electrons. The maximum atomic E-state index is 13.5. The summed E-state index contributed by atoms with van der Waals surface area (Å²) in [7, 11) is 0. The van der Waals surface area contributed by atoms with Gasteiger partial charge in [-0.3, -0.25) is 0 Å². The Morgan fingerprint density at radius 2 is 1.12 bits per heavy atom. The van der Waals surface area contributed by atoms with E-state index in [0.29, 0.717) is 5.39 Å². The van der Waals surface area contributed by atoms with Gasteiger partial charge in [0.05, 0.1) is 0 Å². The highest BCUT2D eigenvalue weighted by atomic mass is 19.3. The Kier molecular flexibility index (Phi) is 1.54. The third kappa shape index (κ3) is 0.859. The topological polar surface area (TPSA) is 0 Å². The second-order valence-electron chi connectivity index (χ2n) is 3.86. The lowest BCUT2D eigenvalue weighted by Crippen LogP contribution is -2.30. The molecule has 0 atom stereocenters. The number of hydrogen-bond donors (Lipinski definition) is 0. The van der Waals surface area contributed by atoms with Crippen molar-refractivity contribution in [2.24, 2.45) is 0 Å². The van der Waals surface area contributed by atoms with E-state index < -0.39 is 23.0 Å². The van der Waals surface area contributed by atoms with Crippen LogP contribution in [0, 0.1) is 0 Å². The largest absolute Gasteiger partial charge is 0.340 e. The highest BCUT2D eigenvalue weighted by Gasteiger charge is 2.64. The van der Waals surface area contributed by atoms with E-state index in [4.69, 9.17) is 0 Å². The van der Waals surface area contributed by atoms with Crippen molar-refractivity contribution in [3.8, 4) is 0 Å². The molecule has 3 rings (SSSR count). The van der Waals surface area contributed by atoms with E-state index >= 15 is 0 Å². The first-order valence-electron chi connectivity index (χ1n) is 4.74. The SMILES string of the molecule is FC1(F)c2cccc3cccc(c23)C1(F)F. The Morgan fingerprint density at radius 1 is 0.688 bits per heavy atom. The second kappa shape index (κ2) is 2.56. The molecule has 0 N–H and O–H groups in total. The second-order valence-corrected chi connectivity index (χ2v) is 3.86. The summed E-state index contributed by atoms with van der Waals surface area (Å²) in [5.41, 5.74) is -1.16. The Hall–Kier alpha value is -1.58. The molecule has 4 heteroatoms. The zero-order valence-electron chi connectivity index (χ0n) is 7.98. The first-order chi connectivity index (χ1) is 7.46. The molecule has 1 aliphatic carbocycles. The van der Waals surface area contributed by atoms with Gasteiger partial charge in [-0.05, 0) is 5.39 Å². The Morgan fingerprint density at radius 3 is 1.56 bits per heavy atom. The predicted molar refractivity (Wildman–Crippen MR) is 51.7 cm³/mol. The molecule has 0 amide bonds. The van der Waals surface area contributed by atoms with E-state index in [0.717, 1.165) is 12.1 Å². The van der Waals surface area contributed by atoms with E-state index in [1.807, 2.05) is 0 Å². The van der Waals surface area contributed by atoms with Gasteiger partial charge in [-0.2, -0.15) is 17.6 Å². The zero-order valence-corrected chi connectivity index (χ0v) is 7.98. The first kappa shape index (κ1) is 9.63. The van der Waals surface area contributed by atoms with Gasteiger partial charge in [0.25, 0.3) is 0 Å². The van der Waals surface area contributed by atoms with E-state index in [9.17, 15) is 17.6 Å². The maximum Gasteiger partial charge on any atom is 0.340 e. The summed E-state index contributed by atoms with van der Waals surface area (Å²) in [5, 5.41) is 0.409. The Balaban J connectivity index is 2.54. The summed E-state index contributed by atoms with van der Waals surface area (Å²) in [6, 6.07) is 7.98. The minimum absolute atomic E-state index is 0.0139. The van der Waals surface area contributed by atoms with Gasteiger partial charge in [0.1, 0.15) is 0 Å². The molecule has 0 nitrogen and oxygen atoms in total. The predicted octanol–water partition coefficient (Wildman–Crippen LogP) is 4.04. The monoisotopic (exact) mass is 226 g/mol. The summed E-state index contributed by atoms with van der Waals surface area (Å²) in [4.78, 5) is 0. The number of hydrogen-bond acceptors (Lipinski definition) is 0. The summed E-state index contributed by atoms with van der Waals surface area (Å²) in [6.07, 6.45) is 0. The normalized spacial score (nSPS) is 20.2. The van der Waals surface area contributed by atoms with E-state index in [-0.39, 0.29) is 5.39 Å². The van der Waals surface area contributed by atoms with Gasteiger partial charge < -0.3 is 0 Å². The molecular weight excluding hydrogens is 220 g/mol.